The van der Waals surface area contributed by atoms with Crippen LogP contribution in [0.4, 0.5) is 0 Å². The van der Waals surface area contributed by atoms with Gasteiger partial charge < -0.3 is 10.5 Å². The highest BCUT2D eigenvalue weighted by atomic mass is 32.1. The van der Waals surface area contributed by atoms with Crippen LogP contribution in [0.25, 0.3) is 11.0 Å². The molecule has 8 nitrogen and oxygen atoms in total. The number of nitrogens with zero attached hydrogens (tertiary/aromatic N) is 3. The van der Waals surface area contributed by atoms with Gasteiger partial charge in [0.05, 0.1) is 4.53 Å². The fourth-order valence-corrected chi connectivity index (χ4v) is 3.71. The molecule has 2 aromatic carbocycles. The minimum atomic E-state index is -0.562. The molecule has 150 valence electrons. The molecule has 0 radical (unpaired) electrons. The van der Waals surface area contributed by atoms with Crippen molar-refractivity contribution in [2.45, 2.75) is 6.42 Å². The van der Waals surface area contributed by atoms with Crippen molar-refractivity contribution in [3.8, 4) is 5.75 Å². The first kappa shape index (κ1) is 19.5. The smallest absolute Gasteiger partial charge is 0.296 e. The SMILES string of the molecule is NC(=O)COc1ccc(C=c2sc3nc(=O)c(Cc4ccccc4)nn3c2=O)cc1. The van der Waals surface area contributed by atoms with Gasteiger partial charge in [-0.05, 0) is 29.3 Å². The van der Waals surface area contributed by atoms with E-state index in [0.29, 0.717) is 16.7 Å². The van der Waals surface area contributed by atoms with Gasteiger partial charge in [-0.1, -0.05) is 53.8 Å². The Morgan fingerprint density at radius 1 is 1.10 bits per heavy atom. The number of carbonyl (C=O) groups excluding carboxylic acids is 1. The maximum absolute atomic E-state index is 12.8. The summed E-state index contributed by atoms with van der Waals surface area (Å²) in [7, 11) is 0. The first-order valence-electron chi connectivity index (χ1n) is 8.99. The van der Waals surface area contributed by atoms with E-state index in [4.69, 9.17) is 10.5 Å². The zero-order valence-electron chi connectivity index (χ0n) is 15.6. The lowest BCUT2D eigenvalue weighted by molar-refractivity contribution is -0.119. The molecule has 2 N–H and O–H groups in total. The molecule has 9 heteroatoms. The van der Waals surface area contributed by atoms with Crippen LogP contribution in [-0.2, 0) is 11.2 Å². The lowest BCUT2D eigenvalue weighted by Crippen LogP contribution is -2.28. The minimum absolute atomic E-state index is 0.207. The maximum Gasteiger partial charge on any atom is 0.296 e. The number of aromatic nitrogens is 3. The summed E-state index contributed by atoms with van der Waals surface area (Å²) in [5, 5.41) is 4.24. The number of benzene rings is 2. The molecule has 0 aliphatic heterocycles. The van der Waals surface area contributed by atoms with Crippen molar-refractivity contribution < 1.29 is 9.53 Å². The Hall–Kier alpha value is -3.85. The topological polar surface area (TPSA) is 117 Å². The standard InChI is InChI=1S/C21H16N4O4S/c22-18(26)12-29-15-8-6-14(7-9-15)11-17-20(28)25-21(30-17)23-19(27)16(24-25)10-13-4-2-1-3-5-13/h1-9,11H,10,12H2,(H2,22,26). The third kappa shape index (κ3) is 4.26. The molecular weight excluding hydrogens is 404 g/mol. The van der Waals surface area contributed by atoms with E-state index in [1.807, 2.05) is 30.3 Å². The monoisotopic (exact) mass is 420 g/mol. The van der Waals surface area contributed by atoms with Crippen LogP contribution in [0, 0.1) is 0 Å². The molecule has 0 unspecified atom stereocenters. The summed E-state index contributed by atoms with van der Waals surface area (Å²) >= 11 is 1.10. The van der Waals surface area contributed by atoms with Crippen LogP contribution in [0.15, 0.2) is 64.2 Å². The summed E-state index contributed by atoms with van der Waals surface area (Å²) in [6, 6.07) is 16.2. The van der Waals surface area contributed by atoms with Gasteiger partial charge in [0.2, 0.25) is 4.96 Å². The number of rotatable bonds is 6. The fraction of sp³-hybridized carbons (Fsp3) is 0.0952. The highest BCUT2D eigenvalue weighted by Gasteiger charge is 2.11. The second-order valence-electron chi connectivity index (χ2n) is 6.46. The van der Waals surface area contributed by atoms with E-state index in [1.165, 1.54) is 4.52 Å². The largest absolute Gasteiger partial charge is 0.484 e. The van der Waals surface area contributed by atoms with E-state index >= 15 is 0 Å². The molecule has 1 amide bonds. The number of nitrogens with two attached hydrogens (primary N) is 1. The van der Waals surface area contributed by atoms with Crippen molar-refractivity contribution in [1.29, 1.82) is 0 Å². The maximum atomic E-state index is 12.8. The number of ether oxygens (including phenoxy) is 1. The summed E-state index contributed by atoms with van der Waals surface area (Å²) in [5.74, 6) is -0.0720. The van der Waals surface area contributed by atoms with Gasteiger partial charge >= 0.3 is 0 Å². The van der Waals surface area contributed by atoms with Crippen LogP contribution >= 0.6 is 11.3 Å². The van der Waals surface area contributed by atoms with Gasteiger partial charge in [0.15, 0.2) is 6.61 Å². The van der Waals surface area contributed by atoms with Gasteiger partial charge in [-0.2, -0.15) is 14.6 Å². The number of hydrogen-bond acceptors (Lipinski definition) is 7. The molecule has 2 heterocycles. The molecule has 30 heavy (non-hydrogen) atoms. The third-order valence-electron chi connectivity index (χ3n) is 4.22. The number of thiazole rings is 1. The van der Waals surface area contributed by atoms with Crippen LogP contribution in [-0.4, -0.2) is 27.1 Å². The minimum Gasteiger partial charge on any atom is -0.484 e. The number of hydrogen-bond donors (Lipinski definition) is 1. The number of amides is 1. The Morgan fingerprint density at radius 3 is 2.53 bits per heavy atom. The second-order valence-corrected chi connectivity index (χ2v) is 7.47. The summed E-state index contributed by atoms with van der Waals surface area (Å²) in [4.78, 5) is 40.1. The van der Waals surface area contributed by atoms with Gasteiger partial charge in [0.25, 0.3) is 17.0 Å². The molecule has 0 atom stereocenters. The molecule has 2 aromatic heterocycles. The van der Waals surface area contributed by atoms with Crippen molar-refractivity contribution in [3.05, 3.63) is 96.7 Å². The lowest BCUT2D eigenvalue weighted by atomic mass is 10.1. The van der Waals surface area contributed by atoms with Crippen LogP contribution in [0.5, 0.6) is 5.75 Å². The van der Waals surface area contributed by atoms with Crippen molar-refractivity contribution in [3.63, 3.8) is 0 Å². The predicted molar refractivity (Wildman–Crippen MR) is 113 cm³/mol. The average Bonchev–Trinajstić information content (AvgIpc) is 3.03. The number of fused-ring (bicyclic) bond motifs is 1. The van der Waals surface area contributed by atoms with Crippen molar-refractivity contribution in [1.82, 2.24) is 14.6 Å². The second kappa shape index (κ2) is 8.26. The van der Waals surface area contributed by atoms with E-state index < -0.39 is 11.5 Å². The predicted octanol–water partition coefficient (Wildman–Crippen LogP) is 0.514. The highest BCUT2D eigenvalue weighted by Crippen LogP contribution is 2.12. The van der Waals surface area contributed by atoms with Crippen molar-refractivity contribution in [2.24, 2.45) is 5.73 Å². The molecular formula is C21H16N4O4S. The van der Waals surface area contributed by atoms with Gasteiger partial charge in [-0.3, -0.25) is 14.4 Å². The Morgan fingerprint density at radius 2 is 1.83 bits per heavy atom. The summed E-state index contributed by atoms with van der Waals surface area (Å²) in [6.45, 7) is -0.207. The number of primary amides is 1. The van der Waals surface area contributed by atoms with E-state index in [-0.39, 0.29) is 22.8 Å². The van der Waals surface area contributed by atoms with Crippen LogP contribution in [0.1, 0.15) is 16.8 Å². The quantitative estimate of drug-likeness (QED) is 0.486. The van der Waals surface area contributed by atoms with Crippen molar-refractivity contribution in [2.75, 3.05) is 6.61 Å². The molecule has 0 aliphatic rings. The van der Waals surface area contributed by atoms with Crippen LogP contribution in [0.3, 0.4) is 0 Å². The van der Waals surface area contributed by atoms with E-state index in [2.05, 4.69) is 10.1 Å². The molecule has 4 rings (SSSR count). The van der Waals surface area contributed by atoms with Gasteiger partial charge in [0, 0.05) is 6.42 Å². The zero-order chi connectivity index (χ0) is 21.1. The highest BCUT2D eigenvalue weighted by molar-refractivity contribution is 7.15. The normalized spacial score (nSPS) is 11.7. The fourth-order valence-electron chi connectivity index (χ4n) is 2.81. The first-order valence-corrected chi connectivity index (χ1v) is 9.81. The molecule has 0 saturated heterocycles. The Balaban J connectivity index is 1.67. The van der Waals surface area contributed by atoms with E-state index in [1.54, 1.807) is 30.3 Å². The van der Waals surface area contributed by atoms with Gasteiger partial charge in [0.1, 0.15) is 11.4 Å². The first-order chi connectivity index (χ1) is 14.5. The Bertz CT molecular complexity index is 1380. The lowest BCUT2D eigenvalue weighted by Gasteiger charge is -2.03. The third-order valence-corrected chi connectivity index (χ3v) is 5.18. The van der Waals surface area contributed by atoms with E-state index in [0.717, 1.165) is 22.5 Å². The van der Waals surface area contributed by atoms with Crippen LogP contribution < -0.4 is 26.1 Å². The Labute approximate surface area is 173 Å². The van der Waals surface area contributed by atoms with Gasteiger partial charge in [-0.25, -0.2) is 0 Å². The summed E-state index contributed by atoms with van der Waals surface area (Å²) in [5.41, 5.74) is 6.15. The zero-order valence-corrected chi connectivity index (χ0v) is 16.5. The molecule has 0 bridgehead atoms. The molecule has 0 saturated carbocycles. The Kier molecular flexibility index (Phi) is 5.36. The van der Waals surface area contributed by atoms with Crippen molar-refractivity contribution >= 4 is 28.3 Å². The molecule has 0 fully saturated rings. The number of carbonyl (C=O) groups is 1. The summed E-state index contributed by atoms with van der Waals surface area (Å²) < 4.78 is 6.78. The molecule has 4 aromatic rings. The van der Waals surface area contributed by atoms with E-state index in [9.17, 15) is 14.4 Å². The van der Waals surface area contributed by atoms with Crippen LogP contribution in [0.2, 0.25) is 0 Å². The average molecular weight is 420 g/mol. The summed E-state index contributed by atoms with van der Waals surface area (Å²) in [6.07, 6.45) is 1.99. The van der Waals surface area contributed by atoms with Gasteiger partial charge in [-0.15, -0.1) is 0 Å². The molecule has 0 spiro atoms. The molecule has 0 aliphatic carbocycles.